The number of anilines is 2. The highest BCUT2D eigenvalue weighted by Crippen LogP contribution is 2.37. The monoisotopic (exact) mass is 239 g/mol. The maximum Gasteiger partial charge on any atom is 0.322 e. The summed E-state index contributed by atoms with van der Waals surface area (Å²) >= 11 is 0. The third-order valence-corrected chi connectivity index (χ3v) is 2.67. The Bertz CT molecular complexity index is 394. The maximum absolute atomic E-state index is 9.24. The molecule has 1 saturated carbocycles. The lowest BCUT2D eigenvalue weighted by molar-refractivity contribution is 0.265. The van der Waals surface area contributed by atoms with Gasteiger partial charge in [0.1, 0.15) is 0 Å². The van der Waals surface area contributed by atoms with Crippen LogP contribution in [0.3, 0.4) is 0 Å². The molecule has 94 valence electrons. The number of methoxy groups -OCH3 is 1. The number of ether oxygens (including phenoxy) is 1. The molecule has 3 N–H and O–H groups in total. The molecule has 0 radical (unpaired) electrons. The van der Waals surface area contributed by atoms with Gasteiger partial charge in [0.05, 0.1) is 19.3 Å². The highest BCUT2D eigenvalue weighted by atomic mass is 16.5. The first-order chi connectivity index (χ1) is 8.21. The van der Waals surface area contributed by atoms with Crippen LogP contribution in [0.2, 0.25) is 0 Å². The predicted octanol–water partition coefficient (Wildman–Crippen LogP) is 0.249. The van der Waals surface area contributed by atoms with Crippen LogP contribution in [0.5, 0.6) is 6.01 Å². The lowest BCUT2D eigenvalue weighted by atomic mass is 10.3. The van der Waals surface area contributed by atoms with Gasteiger partial charge in [-0.05, 0) is 19.8 Å². The second kappa shape index (κ2) is 4.70. The minimum Gasteiger partial charge on any atom is -0.467 e. The largest absolute Gasteiger partial charge is 0.467 e. The van der Waals surface area contributed by atoms with Crippen LogP contribution in [-0.2, 0) is 0 Å². The van der Waals surface area contributed by atoms with Gasteiger partial charge in [-0.25, -0.2) is 0 Å². The molecular weight excluding hydrogens is 222 g/mol. The zero-order valence-electron chi connectivity index (χ0n) is 10.0. The summed E-state index contributed by atoms with van der Waals surface area (Å²) in [5, 5.41) is 15.4. The molecule has 7 nitrogen and oxygen atoms in total. The lowest BCUT2D eigenvalue weighted by Crippen LogP contribution is -2.27. The van der Waals surface area contributed by atoms with E-state index in [-0.39, 0.29) is 18.2 Å². The Balaban J connectivity index is 2.17. The van der Waals surface area contributed by atoms with Gasteiger partial charge in [-0.3, -0.25) is 0 Å². The molecule has 0 aliphatic heterocycles. The van der Waals surface area contributed by atoms with E-state index < -0.39 is 0 Å². The average molecular weight is 239 g/mol. The van der Waals surface area contributed by atoms with E-state index in [1.54, 1.807) is 0 Å². The molecule has 0 unspecified atom stereocenters. The number of rotatable bonds is 6. The van der Waals surface area contributed by atoms with Gasteiger partial charge in [0.15, 0.2) is 0 Å². The molecule has 0 bridgehead atoms. The van der Waals surface area contributed by atoms with E-state index in [1.165, 1.54) is 7.11 Å². The number of hydrogen-bond donors (Lipinski definition) is 3. The maximum atomic E-state index is 9.24. The zero-order valence-corrected chi connectivity index (χ0v) is 10.0. The topological polar surface area (TPSA) is 92.2 Å². The molecule has 0 amide bonds. The van der Waals surface area contributed by atoms with Crippen LogP contribution in [0.4, 0.5) is 11.9 Å². The molecule has 1 aromatic heterocycles. The first-order valence-corrected chi connectivity index (χ1v) is 5.64. The van der Waals surface area contributed by atoms with Crippen LogP contribution in [0.15, 0.2) is 0 Å². The van der Waals surface area contributed by atoms with Crippen molar-refractivity contribution in [1.82, 2.24) is 15.0 Å². The number of nitrogens with one attached hydrogen (secondary N) is 2. The molecule has 1 heterocycles. The first kappa shape index (κ1) is 11.8. The highest BCUT2D eigenvalue weighted by molar-refractivity contribution is 5.40. The van der Waals surface area contributed by atoms with Crippen LogP contribution in [0.1, 0.15) is 19.8 Å². The normalized spacial score (nSPS) is 16.4. The molecular formula is C10H17N5O2. The summed E-state index contributed by atoms with van der Waals surface area (Å²) in [6.07, 6.45) is 1.85. The summed E-state index contributed by atoms with van der Waals surface area (Å²) in [4.78, 5) is 12.4. The third kappa shape index (κ3) is 2.73. The second-order valence-electron chi connectivity index (χ2n) is 4.06. The standard InChI is InChI=1S/C10H17N5O2/c1-3-11-7-12-8(14-9(13-7)17-2)15-10(6-16)4-5-10/h16H,3-6H2,1-2H3,(H2,11,12,13,14,15). The van der Waals surface area contributed by atoms with E-state index in [2.05, 4.69) is 25.6 Å². The SMILES string of the molecule is CCNc1nc(NC2(CO)CC2)nc(OC)n1. The Morgan fingerprint density at radius 2 is 2.00 bits per heavy atom. The zero-order chi connectivity index (χ0) is 12.3. The molecule has 0 aromatic carbocycles. The summed E-state index contributed by atoms with van der Waals surface area (Å²) in [6.45, 7) is 2.76. The number of aromatic nitrogens is 3. The molecule has 0 atom stereocenters. The predicted molar refractivity (Wildman–Crippen MR) is 63.2 cm³/mol. The van der Waals surface area contributed by atoms with E-state index in [9.17, 15) is 5.11 Å². The molecule has 2 rings (SSSR count). The van der Waals surface area contributed by atoms with Crippen molar-refractivity contribution < 1.29 is 9.84 Å². The number of nitrogens with zero attached hydrogens (tertiary/aromatic N) is 3. The minimum atomic E-state index is -0.254. The van der Waals surface area contributed by atoms with Crippen LogP contribution in [0, 0.1) is 0 Å². The highest BCUT2D eigenvalue weighted by Gasteiger charge is 2.42. The summed E-state index contributed by atoms with van der Waals surface area (Å²) in [6, 6.07) is 0.257. The Kier molecular flexibility index (Phi) is 3.28. The van der Waals surface area contributed by atoms with Crippen molar-refractivity contribution in [2.75, 3.05) is 30.9 Å². The smallest absolute Gasteiger partial charge is 0.322 e. The van der Waals surface area contributed by atoms with Gasteiger partial charge < -0.3 is 20.5 Å². The van der Waals surface area contributed by atoms with Gasteiger partial charge >= 0.3 is 6.01 Å². The van der Waals surface area contributed by atoms with Crippen LogP contribution in [-0.4, -0.2) is 45.9 Å². The summed E-state index contributed by atoms with van der Waals surface area (Å²) in [5.41, 5.74) is -0.254. The van der Waals surface area contributed by atoms with Crippen LogP contribution >= 0.6 is 0 Å². The van der Waals surface area contributed by atoms with Crippen molar-refractivity contribution in [3.05, 3.63) is 0 Å². The fraction of sp³-hybridized carbons (Fsp3) is 0.700. The van der Waals surface area contributed by atoms with E-state index in [0.29, 0.717) is 11.9 Å². The van der Waals surface area contributed by atoms with Crippen molar-refractivity contribution in [3.63, 3.8) is 0 Å². The Labute approximate surface area is 99.6 Å². The second-order valence-corrected chi connectivity index (χ2v) is 4.06. The van der Waals surface area contributed by atoms with Crippen molar-refractivity contribution in [3.8, 4) is 6.01 Å². The van der Waals surface area contributed by atoms with E-state index in [1.807, 2.05) is 6.92 Å². The molecule has 1 aliphatic carbocycles. The average Bonchev–Trinajstić information content (AvgIpc) is 3.09. The molecule has 1 aromatic rings. The Morgan fingerprint density at radius 1 is 1.29 bits per heavy atom. The van der Waals surface area contributed by atoms with Crippen LogP contribution in [0.25, 0.3) is 0 Å². The fourth-order valence-corrected chi connectivity index (χ4v) is 1.45. The number of hydrogen-bond acceptors (Lipinski definition) is 7. The molecule has 7 heteroatoms. The number of aliphatic hydroxyl groups excluding tert-OH is 1. The van der Waals surface area contributed by atoms with E-state index in [0.717, 1.165) is 19.4 Å². The summed E-state index contributed by atoms with van der Waals surface area (Å²) in [5.74, 6) is 0.898. The molecule has 1 aliphatic rings. The molecule has 1 fully saturated rings. The van der Waals surface area contributed by atoms with Gasteiger partial charge in [-0.2, -0.15) is 15.0 Å². The first-order valence-electron chi connectivity index (χ1n) is 5.64. The summed E-state index contributed by atoms with van der Waals surface area (Å²) in [7, 11) is 1.51. The Morgan fingerprint density at radius 3 is 2.53 bits per heavy atom. The van der Waals surface area contributed by atoms with Gasteiger partial charge in [0, 0.05) is 6.54 Å². The fourth-order valence-electron chi connectivity index (χ4n) is 1.45. The van der Waals surface area contributed by atoms with E-state index in [4.69, 9.17) is 4.74 Å². The van der Waals surface area contributed by atoms with Gasteiger partial charge in [0.2, 0.25) is 11.9 Å². The minimum absolute atomic E-state index is 0.0809. The van der Waals surface area contributed by atoms with Gasteiger partial charge in [0.25, 0.3) is 0 Å². The molecule has 0 spiro atoms. The van der Waals surface area contributed by atoms with Gasteiger partial charge in [-0.15, -0.1) is 0 Å². The molecule has 17 heavy (non-hydrogen) atoms. The van der Waals surface area contributed by atoms with Crippen LogP contribution < -0.4 is 15.4 Å². The lowest BCUT2D eigenvalue weighted by Gasteiger charge is -2.15. The van der Waals surface area contributed by atoms with Crippen molar-refractivity contribution >= 4 is 11.9 Å². The van der Waals surface area contributed by atoms with Gasteiger partial charge in [-0.1, -0.05) is 0 Å². The summed E-state index contributed by atoms with van der Waals surface area (Å²) < 4.78 is 5.01. The van der Waals surface area contributed by atoms with Crippen molar-refractivity contribution in [2.24, 2.45) is 0 Å². The number of aliphatic hydroxyl groups is 1. The van der Waals surface area contributed by atoms with E-state index >= 15 is 0 Å². The Hall–Kier alpha value is -1.63. The van der Waals surface area contributed by atoms with Crippen molar-refractivity contribution in [1.29, 1.82) is 0 Å². The quantitative estimate of drug-likeness (QED) is 0.655. The third-order valence-electron chi connectivity index (χ3n) is 2.67. The van der Waals surface area contributed by atoms with Crippen molar-refractivity contribution in [2.45, 2.75) is 25.3 Å². The molecule has 0 saturated heterocycles.